The van der Waals surface area contributed by atoms with E-state index in [0.29, 0.717) is 28.4 Å². The summed E-state index contributed by atoms with van der Waals surface area (Å²) in [4.78, 5) is 12.8. The summed E-state index contributed by atoms with van der Waals surface area (Å²) in [6.07, 6.45) is 4.74. The maximum Gasteiger partial charge on any atom is 0.237 e. The number of thioether (sulfide) groups is 1. The number of aryl methyl sites for hydroxylation is 1. The molecule has 144 valence electrons. The molecule has 1 heterocycles. The van der Waals surface area contributed by atoms with Gasteiger partial charge < -0.3 is 14.6 Å². The Kier molecular flexibility index (Phi) is 5.07. The predicted molar refractivity (Wildman–Crippen MR) is 107 cm³/mol. The third-order valence-corrected chi connectivity index (χ3v) is 6.40. The first kappa shape index (κ1) is 18.6. The summed E-state index contributed by atoms with van der Waals surface area (Å²) in [6, 6.07) is 4.05. The van der Waals surface area contributed by atoms with Crippen molar-refractivity contribution >= 4 is 35.0 Å². The van der Waals surface area contributed by atoms with Gasteiger partial charge in [-0.3, -0.25) is 4.79 Å². The number of hydrogen-bond donors (Lipinski definition) is 1. The number of nitrogens with zero attached hydrogens (tertiary/aromatic N) is 3. The number of halogens is 1. The molecule has 0 aliphatic heterocycles. The molecule has 8 heteroatoms. The Morgan fingerprint density at radius 1 is 1.33 bits per heavy atom. The lowest BCUT2D eigenvalue weighted by Crippen LogP contribution is -2.23. The van der Waals surface area contributed by atoms with E-state index in [0.717, 1.165) is 16.5 Å². The lowest BCUT2D eigenvalue weighted by molar-refractivity contribution is -0.115. The molecule has 1 amide bonds. The van der Waals surface area contributed by atoms with Crippen LogP contribution in [0.3, 0.4) is 0 Å². The molecule has 2 aliphatic carbocycles. The maximum atomic E-state index is 12.8. The largest absolute Gasteiger partial charge is 0.495 e. The summed E-state index contributed by atoms with van der Waals surface area (Å²) in [7, 11) is 1.56. The van der Waals surface area contributed by atoms with E-state index < -0.39 is 0 Å². The van der Waals surface area contributed by atoms with Gasteiger partial charge in [-0.05, 0) is 51.2 Å². The minimum Gasteiger partial charge on any atom is -0.495 e. The number of methoxy groups -OCH3 is 1. The molecule has 2 aliphatic rings. The summed E-state index contributed by atoms with van der Waals surface area (Å²) in [5, 5.41) is 12.9. The van der Waals surface area contributed by atoms with Crippen LogP contribution in [0.1, 0.15) is 56.0 Å². The molecular weight excluding hydrogens is 384 g/mol. The van der Waals surface area contributed by atoms with Gasteiger partial charge in [0.15, 0.2) is 5.16 Å². The molecule has 0 bridgehead atoms. The van der Waals surface area contributed by atoms with Gasteiger partial charge in [0.05, 0.1) is 18.0 Å². The number of hydrogen-bond acceptors (Lipinski definition) is 5. The average Bonchev–Trinajstić information content (AvgIpc) is 3.56. The van der Waals surface area contributed by atoms with Crippen LogP contribution < -0.4 is 10.1 Å². The molecule has 1 aromatic carbocycles. The Balaban J connectivity index is 1.48. The van der Waals surface area contributed by atoms with E-state index in [1.165, 1.54) is 37.4 Å². The van der Waals surface area contributed by atoms with Gasteiger partial charge in [0.25, 0.3) is 0 Å². The zero-order chi connectivity index (χ0) is 19.1. The molecule has 2 aromatic rings. The van der Waals surface area contributed by atoms with E-state index in [-0.39, 0.29) is 11.2 Å². The second-order valence-electron chi connectivity index (χ2n) is 7.27. The fourth-order valence-electron chi connectivity index (χ4n) is 3.04. The smallest absolute Gasteiger partial charge is 0.237 e. The van der Waals surface area contributed by atoms with Crippen molar-refractivity contribution in [1.29, 1.82) is 0 Å². The van der Waals surface area contributed by atoms with Crippen LogP contribution in [0.2, 0.25) is 5.02 Å². The number of amides is 1. The highest BCUT2D eigenvalue weighted by Crippen LogP contribution is 2.46. The minimum atomic E-state index is -0.306. The number of benzene rings is 1. The number of anilines is 1. The topological polar surface area (TPSA) is 69.0 Å². The van der Waals surface area contributed by atoms with E-state index in [9.17, 15) is 4.79 Å². The van der Waals surface area contributed by atoms with E-state index in [1.807, 2.05) is 19.9 Å². The molecule has 0 radical (unpaired) electrons. The van der Waals surface area contributed by atoms with Crippen LogP contribution in [0.4, 0.5) is 5.69 Å². The molecule has 1 aromatic heterocycles. The van der Waals surface area contributed by atoms with Gasteiger partial charge in [0.1, 0.15) is 11.6 Å². The average molecular weight is 407 g/mol. The summed E-state index contributed by atoms with van der Waals surface area (Å²) >= 11 is 7.61. The van der Waals surface area contributed by atoms with Gasteiger partial charge in [0.2, 0.25) is 5.91 Å². The highest BCUT2D eigenvalue weighted by atomic mass is 35.5. The van der Waals surface area contributed by atoms with Gasteiger partial charge in [-0.2, -0.15) is 0 Å². The Labute approximate surface area is 168 Å². The van der Waals surface area contributed by atoms with Gasteiger partial charge >= 0.3 is 0 Å². The minimum absolute atomic E-state index is 0.0988. The summed E-state index contributed by atoms with van der Waals surface area (Å²) in [6.45, 7) is 3.78. The normalized spacial score (nSPS) is 17.6. The maximum absolute atomic E-state index is 12.8. The third kappa shape index (κ3) is 3.94. The lowest BCUT2D eigenvalue weighted by atomic mass is 10.2. The predicted octanol–water partition coefficient (Wildman–Crippen LogP) is 4.58. The van der Waals surface area contributed by atoms with Crippen molar-refractivity contribution < 1.29 is 9.53 Å². The molecule has 2 fully saturated rings. The Hall–Kier alpha value is -1.73. The van der Waals surface area contributed by atoms with Crippen LogP contribution in [0, 0.1) is 6.92 Å². The highest BCUT2D eigenvalue weighted by Gasteiger charge is 2.37. The number of nitrogens with one attached hydrogen (secondary N) is 1. The van der Waals surface area contributed by atoms with Gasteiger partial charge in [-0.25, -0.2) is 0 Å². The first-order valence-electron chi connectivity index (χ1n) is 9.24. The Morgan fingerprint density at radius 2 is 2.07 bits per heavy atom. The number of carbonyl (C=O) groups is 1. The summed E-state index contributed by atoms with van der Waals surface area (Å²) in [5.41, 5.74) is 1.51. The zero-order valence-corrected chi connectivity index (χ0v) is 17.2. The fourth-order valence-corrected chi connectivity index (χ4v) is 4.12. The standard InChI is InChI=1S/C19H23ClN4O2S/c1-10-8-15(16(26-3)9-14(10)20)21-18(25)11(2)27-19-23-22-17(12-4-5-12)24(19)13-6-7-13/h8-9,11-13H,4-7H2,1-3H3,(H,21,25). The summed E-state index contributed by atoms with van der Waals surface area (Å²) < 4.78 is 7.61. The van der Waals surface area contributed by atoms with E-state index >= 15 is 0 Å². The molecular formula is C19H23ClN4O2S. The van der Waals surface area contributed by atoms with Crippen molar-refractivity contribution in [3.05, 3.63) is 28.5 Å². The van der Waals surface area contributed by atoms with E-state index in [4.69, 9.17) is 16.3 Å². The van der Waals surface area contributed by atoms with Gasteiger partial charge in [0, 0.05) is 23.0 Å². The summed E-state index contributed by atoms with van der Waals surface area (Å²) in [5.74, 6) is 2.10. The van der Waals surface area contributed by atoms with Crippen molar-refractivity contribution in [2.75, 3.05) is 12.4 Å². The van der Waals surface area contributed by atoms with Crippen molar-refractivity contribution in [3.8, 4) is 5.75 Å². The van der Waals surface area contributed by atoms with Crippen LogP contribution in [0.5, 0.6) is 5.75 Å². The molecule has 1 atom stereocenters. The quantitative estimate of drug-likeness (QED) is 0.681. The molecule has 27 heavy (non-hydrogen) atoms. The molecule has 1 N–H and O–H groups in total. The number of carbonyl (C=O) groups excluding carboxylic acids is 1. The monoisotopic (exact) mass is 406 g/mol. The van der Waals surface area contributed by atoms with Crippen LogP contribution in [0.15, 0.2) is 17.3 Å². The fraction of sp³-hybridized carbons (Fsp3) is 0.526. The molecule has 6 nitrogen and oxygen atoms in total. The molecule has 0 saturated heterocycles. The van der Waals surface area contributed by atoms with Crippen molar-refractivity contribution in [1.82, 2.24) is 14.8 Å². The van der Waals surface area contributed by atoms with Crippen molar-refractivity contribution in [3.63, 3.8) is 0 Å². The first-order chi connectivity index (χ1) is 13.0. The Morgan fingerprint density at radius 3 is 2.70 bits per heavy atom. The van der Waals surface area contributed by atoms with Crippen LogP contribution in [-0.2, 0) is 4.79 Å². The van der Waals surface area contributed by atoms with Crippen LogP contribution >= 0.6 is 23.4 Å². The first-order valence-corrected chi connectivity index (χ1v) is 10.5. The van der Waals surface area contributed by atoms with Crippen LogP contribution in [-0.4, -0.2) is 33.0 Å². The molecule has 4 rings (SSSR count). The SMILES string of the molecule is COc1cc(Cl)c(C)cc1NC(=O)C(C)Sc1nnc(C2CC2)n1C1CC1. The van der Waals surface area contributed by atoms with E-state index in [1.54, 1.807) is 13.2 Å². The number of rotatable bonds is 7. The molecule has 1 unspecified atom stereocenters. The highest BCUT2D eigenvalue weighted by molar-refractivity contribution is 8.00. The molecule has 0 spiro atoms. The second-order valence-corrected chi connectivity index (χ2v) is 8.98. The third-order valence-electron chi connectivity index (χ3n) is 4.94. The van der Waals surface area contributed by atoms with E-state index in [2.05, 4.69) is 20.1 Å². The lowest BCUT2D eigenvalue weighted by Gasteiger charge is -2.16. The van der Waals surface area contributed by atoms with Gasteiger partial charge in [-0.1, -0.05) is 23.4 Å². The zero-order valence-electron chi connectivity index (χ0n) is 15.7. The number of aromatic nitrogens is 3. The van der Waals surface area contributed by atoms with Crippen molar-refractivity contribution in [2.45, 2.75) is 61.9 Å². The Bertz CT molecular complexity index is 877. The van der Waals surface area contributed by atoms with Crippen molar-refractivity contribution in [2.24, 2.45) is 0 Å². The second kappa shape index (κ2) is 7.36. The number of ether oxygens (including phenoxy) is 1. The van der Waals surface area contributed by atoms with Gasteiger partial charge in [-0.15, -0.1) is 10.2 Å². The molecule has 2 saturated carbocycles. The van der Waals surface area contributed by atoms with Crippen LogP contribution in [0.25, 0.3) is 0 Å².